The van der Waals surface area contributed by atoms with E-state index in [1.54, 1.807) is 24.7 Å². The van der Waals surface area contributed by atoms with E-state index >= 15 is 0 Å². The fourth-order valence-corrected chi connectivity index (χ4v) is 2.21. The maximum atomic E-state index is 9.00. The van der Waals surface area contributed by atoms with Crippen LogP contribution in [0.1, 0.15) is 5.69 Å². The molecule has 92 valence electrons. The number of hydrogen-bond acceptors (Lipinski definition) is 3. The van der Waals surface area contributed by atoms with Gasteiger partial charge in [0.25, 0.3) is 0 Å². The monoisotopic (exact) mass is 268 g/mol. The van der Waals surface area contributed by atoms with Gasteiger partial charge < -0.3 is 4.40 Å². The van der Waals surface area contributed by atoms with E-state index in [9.17, 15) is 0 Å². The fourth-order valence-electron chi connectivity index (χ4n) is 2.05. The third-order valence-electron chi connectivity index (χ3n) is 2.86. The molecule has 3 heterocycles. The molecule has 3 aromatic heterocycles. The molecule has 0 spiro atoms. The second kappa shape index (κ2) is 4.71. The number of nitriles is 1. The number of aromatic nitrogens is 3. The van der Waals surface area contributed by atoms with E-state index in [0.29, 0.717) is 5.02 Å². The smallest absolute Gasteiger partial charge is 0.137 e. The van der Waals surface area contributed by atoms with Gasteiger partial charge in [0.1, 0.15) is 5.65 Å². The number of pyridine rings is 2. The molecule has 4 nitrogen and oxygen atoms in total. The lowest BCUT2D eigenvalue weighted by Crippen LogP contribution is -1.93. The van der Waals surface area contributed by atoms with Crippen LogP contribution in [-0.4, -0.2) is 14.4 Å². The Hall–Kier alpha value is -2.38. The first-order valence-electron chi connectivity index (χ1n) is 5.73. The van der Waals surface area contributed by atoms with E-state index in [1.807, 2.05) is 22.6 Å². The van der Waals surface area contributed by atoms with Crippen molar-refractivity contribution in [2.24, 2.45) is 0 Å². The van der Waals surface area contributed by atoms with Gasteiger partial charge in [-0.1, -0.05) is 11.6 Å². The molecule has 19 heavy (non-hydrogen) atoms. The summed E-state index contributed by atoms with van der Waals surface area (Å²) >= 11 is 6.00. The number of rotatable bonds is 2. The number of halogens is 1. The lowest BCUT2D eigenvalue weighted by molar-refractivity contribution is 1.06. The molecule has 0 radical (unpaired) electrons. The van der Waals surface area contributed by atoms with Crippen molar-refractivity contribution in [2.75, 3.05) is 0 Å². The highest BCUT2D eigenvalue weighted by Gasteiger charge is 2.13. The molecule has 0 amide bonds. The first-order chi connectivity index (χ1) is 9.29. The highest BCUT2D eigenvalue weighted by atomic mass is 35.5. The minimum absolute atomic E-state index is 0.270. The van der Waals surface area contributed by atoms with Gasteiger partial charge in [-0.3, -0.25) is 4.98 Å². The van der Waals surface area contributed by atoms with Gasteiger partial charge >= 0.3 is 0 Å². The molecule has 5 heteroatoms. The van der Waals surface area contributed by atoms with Crippen molar-refractivity contribution in [1.82, 2.24) is 14.4 Å². The minimum atomic E-state index is 0.270. The normalized spacial score (nSPS) is 10.5. The van der Waals surface area contributed by atoms with Crippen LogP contribution in [-0.2, 0) is 6.42 Å². The summed E-state index contributed by atoms with van der Waals surface area (Å²) in [5.41, 5.74) is 3.27. The van der Waals surface area contributed by atoms with Crippen LogP contribution in [0.4, 0.5) is 0 Å². The fraction of sp³-hybridized carbons (Fsp3) is 0.0714. The van der Waals surface area contributed by atoms with Crippen LogP contribution < -0.4 is 0 Å². The van der Waals surface area contributed by atoms with Gasteiger partial charge in [-0.05, 0) is 24.3 Å². The maximum Gasteiger partial charge on any atom is 0.137 e. The zero-order chi connectivity index (χ0) is 13.2. The molecule has 0 saturated heterocycles. The van der Waals surface area contributed by atoms with Gasteiger partial charge in [-0.2, -0.15) is 5.26 Å². The Balaban J connectivity index is 2.30. The predicted molar refractivity (Wildman–Crippen MR) is 72.8 cm³/mol. The molecule has 3 aromatic rings. The summed E-state index contributed by atoms with van der Waals surface area (Å²) < 4.78 is 1.86. The van der Waals surface area contributed by atoms with Crippen molar-refractivity contribution in [2.45, 2.75) is 6.42 Å². The van der Waals surface area contributed by atoms with Gasteiger partial charge in [0.2, 0.25) is 0 Å². The molecular weight excluding hydrogens is 260 g/mol. The van der Waals surface area contributed by atoms with Crippen molar-refractivity contribution in [1.29, 1.82) is 5.26 Å². The van der Waals surface area contributed by atoms with Crippen LogP contribution in [0, 0.1) is 11.3 Å². The zero-order valence-electron chi connectivity index (χ0n) is 9.92. The standard InChI is InChI=1S/C14H9ClN4/c15-11-3-4-13-18-14(10-2-1-7-17-8-10)12(5-6-16)19(13)9-11/h1-4,7-9H,5H2. The van der Waals surface area contributed by atoms with Gasteiger partial charge in [-0.25, -0.2) is 4.98 Å². The molecular formula is C14H9ClN4. The van der Waals surface area contributed by atoms with Gasteiger partial charge in [0, 0.05) is 24.2 Å². The van der Waals surface area contributed by atoms with Gasteiger partial charge in [0.05, 0.1) is 28.9 Å². The molecule has 0 bridgehead atoms. The molecule has 0 fully saturated rings. The zero-order valence-corrected chi connectivity index (χ0v) is 10.7. The van der Waals surface area contributed by atoms with Crippen LogP contribution >= 0.6 is 11.6 Å². The molecule has 0 aliphatic carbocycles. The topological polar surface area (TPSA) is 54.0 Å². The highest BCUT2D eigenvalue weighted by molar-refractivity contribution is 6.30. The van der Waals surface area contributed by atoms with Crippen LogP contribution in [0.2, 0.25) is 5.02 Å². The molecule has 0 aromatic carbocycles. The second-order valence-corrected chi connectivity index (χ2v) is 4.50. The second-order valence-electron chi connectivity index (χ2n) is 4.06. The van der Waals surface area contributed by atoms with E-state index in [0.717, 1.165) is 22.6 Å². The highest BCUT2D eigenvalue weighted by Crippen LogP contribution is 2.25. The molecule has 3 rings (SSSR count). The Morgan fingerprint density at radius 1 is 1.32 bits per heavy atom. The van der Waals surface area contributed by atoms with Crippen molar-refractivity contribution >= 4 is 17.2 Å². The van der Waals surface area contributed by atoms with Crippen LogP contribution in [0.15, 0.2) is 42.9 Å². The summed E-state index contributed by atoms with van der Waals surface area (Å²) in [4.78, 5) is 8.65. The lowest BCUT2D eigenvalue weighted by atomic mass is 10.1. The van der Waals surface area contributed by atoms with Crippen LogP contribution in [0.25, 0.3) is 16.9 Å². The van der Waals surface area contributed by atoms with Crippen LogP contribution in [0.5, 0.6) is 0 Å². The van der Waals surface area contributed by atoms with Crippen molar-refractivity contribution in [3.05, 3.63) is 53.6 Å². The van der Waals surface area contributed by atoms with E-state index in [1.165, 1.54) is 0 Å². The predicted octanol–water partition coefficient (Wildman–Crippen LogP) is 3.12. The Kier molecular flexibility index (Phi) is 2.90. The lowest BCUT2D eigenvalue weighted by Gasteiger charge is -2.01. The van der Waals surface area contributed by atoms with E-state index in [4.69, 9.17) is 16.9 Å². The number of nitrogens with zero attached hydrogens (tertiary/aromatic N) is 4. The quantitative estimate of drug-likeness (QED) is 0.717. The number of hydrogen-bond donors (Lipinski definition) is 0. The molecule has 0 aliphatic heterocycles. The molecule has 0 N–H and O–H groups in total. The van der Waals surface area contributed by atoms with Crippen molar-refractivity contribution in [3.8, 4) is 17.3 Å². The first-order valence-corrected chi connectivity index (χ1v) is 6.11. The summed E-state index contributed by atoms with van der Waals surface area (Å²) in [7, 11) is 0. The largest absolute Gasteiger partial charge is 0.301 e. The minimum Gasteiger partial charge on any atom is -0.301 e. The van der Waals surface area contributed by atoms with Crippen LogP contribution in [0.3, 0.4) is 0 Å². The SMILES string of the molecule is N#CCc1c(-c2cccnc2)nc2ccc(Cl)cn12. The molecule has 0 aliphatic rings. The Labute approximate surface area is 114 Å². The Morgan fingerprint density at radius 3 is 2.95 bits per heavy atom. The Morgan fingerprint density at radius 2 is 2.21 bits per heavy atom. The average Bonchev–Trinajstić information content (AvgIpc) is 2.79. The third-order valence-corrected chi connectivity index (χ3v) is 3.09. The van der Waals surface area contributed by atoms with Gasteiger partial charge in [0.15, 0.2) is 0 Å². The first kappa shape index (κ1) is 11.7. The van der Waals surface area contributed by atoms with Crippen molar-refractivity contribution < 1.29 is 0 Å². The maximum absolute atomic E-state index is 9.00. The van der Waals surface area contributed by atoms with E-state index in [-0.39, 0.29) is 6.42 Å². The Bertz CT molecular complexity index is 771. The summed E-state index contributed by atoms with van der Waals surface area (Å²) in [5, 5.41) is 9.61. The summed E-state index contributed by atoms with van der Waals surface area (Å²) in [5.74, 6) is 0. The van der Waals surface area contributed by atoms with E-state index < -0.39 is 0 Å². The number of imidazole rings is 1. The average molecular weight is 269 g/mol. The summed E-state index contributed by atoms with van der Waals surface area (Å²) in [6.07, 6.45) is 5.49. The molecule has 0 unspecified atom stereocenters. The summed E-state index contributed by atoms with van der Waals surface area (Å²) in [6.45, 7) is 0. The van der Waals surface area contributed by atoms with Gasteiger partial charge in [-0.15, -0.1) is 0 Å². The molecule has 0 atom stereocenters. The molecule has 0 saturated carbocycles. The summed E-state index contributed by atoms with van der Waals surface area (Å²) in [6, 6.07) is 9.57. The third kappa shape index (κ3) is 2.05. The van der Waals surface area contributed by atoms with E-state index in [2.05, 4.69) is 16.0 Å². The number of fused-ring (bicyclic) bond motifs is 1. The van der Waals surface area contributed by atoms with Crippen molar-refractivity contribution in [3.63, 3.8) is 0 Å².